The van der Waals surface area contributed by atoms with Crippen LogP contribution >= 0.6 is 0 Å². The van der Waals surface area contributed by atoms with Crippen molar-refractivity contribution >= 4 is 22.7 Å². The molecular weight excluding hydrogens is 292 g/mol. The molecule has 2 aliphatic rings. The fourth-order valence-electron chi connectivity index (χ4n) is 3.54. The molecule has 3 aromatic rings. The van der Waals surface area contributed by atoms with Crippen LogP contribution in [-0.2, 0) is 4.74 Å². The van der Waals surface area contributed by atoms with E-state index in [1.807, 2.05) is 18.5 Å². The maximum absolute atomic E-state index is 5.73. The van der Waals surface area contributed by atoms with Crippen LogP contribution in [0.4, 0.5) is 11.6 Å². The number of fused-ring (bicyclic) bond motifs is 1. The van der Waals surface area contributed by atoms with Gasteiger partial charge in [-0.05, 0) is 12.1 Å². The van der Waals surface area contributed by atoms with Crippen LogP contribution in [0.15, 0.2) is 30.7 Å². The maximum atomic E-state index is 5.73. The zero-order valence-corrected chi connectivity index (χ0v) is 12.5. The predicted octanol–water partition coefficient (Wildman–Crippen LogP) is 1.44. The summed E-state index contributed by atoms with van der Waals surface area (Å²) >= 11 is 0. The van der Waals surface area contributed by atoms with Crippen LogP contribution in [0.1, 0.15) is 0 Å². The van der Waals surface area contributed by atoms with Gasteiger partial charge in [0.25, 0.3) is 0 Å². The van der Waals surface area contributed by atoms with Gasteiger partial charge in [-0.25, -0.2) is 15.0 Å². The lowest BCUT2D eigenvalue weighted by molar-refractivity contribution is -0.126. The Morgan fingerprint density at radius 1 is 1.17 bits per heavy atom. The molecule has 0 amide bonds. The summed E-state index contributed by atoms with van der Waals surface area (Å²) in [5.41, 5.74) is 9.95. The van der Waals surface area contributed by atoms with Gasteiger partial charge < -0.3 is 20.4 Å². The first-order valence-electron chi connectivity index (χ1n) is 7.62. The number of nitrogens with zero attached hydrogens (tertiary/aromatic N) is 4. The summed E-state index contributed by atoms with van der Waals surface area (Å²) in [6.07, 6.45) is 5.45. The van der Waals surface area contributed by atoms with E-state index in [0.717, 1.165) is 48.6 Å². The van der Waals surface area contributed by atoms with E-state index in [9.17, 15) is 0 Å². The van der Waals surface area contributed by atoms with Gasteiger partial charge in [-0.2, -0.15) is 0 Å². The van der Waals surface area contributed by atoms with Gasteiger partial charge in [0.05, 0.1) is 35.4 Å². The summed E-state index contributed by atoms with van der Waals surface area (Å²) in [4.78, 5) is 18.4. The number of anilines is 2. The molecule has 3 N–H and O–H groups in total. The average molecular weight is 308 g/mol. The van der Waals surface area contributed by atoms with Gasteiger partial charge in [-0.15, -0.1) is 0 Å². The molecular formula is C16H16N6O. The molecule has 116 valence electrons. The number of ether oxygens (including phenoxy) is 1. The van der Waals surface area contributed by atoms with Gasteiger partial charge >= 0.3 is 0 Å². The number of aromatic amines is 1. The number of nitrogens with two attached hydrogens (primary N) is 1. The predicted molar refractivity (Wildman–Crippen MR) is 87.0 cm³/mol. The largest absolute Gasteiger partial charge is 0.380 e. The Kier molecular flexibility index (Phi) is 2.47. The molecule has 0 radical (unpaired) electrons. The van der Waals surface area contributed by atoms with Crippen molar-refractivity contribution in [1.29, 1.82) is 0 Å². The maximum Gasteiger partial charge on any atom is 0.220 e. The lowest BCUT2D eigenvalue weighted by Crippen LogP contribution is -2.66. The van der Waals surface area contributed by atoms with Crippen LogP contribution in [0.3, 0.4) is 0 Å². The minimum absolute atomic E-state index is 0.275. The van der Waals surface area contributed by atoms with E-state index in [2.05, 4.69) is 30.9 Å². The molecule has 0 bridgehead atoms. The van der Waals surface area contributed by atoms with E-state index in [0.29, 0.717) is 5.41 Å². The minimum Gasteiger partial charge on any atom is -0.380 e. The highest BCUT2D eigenvalue weighted by atomic mass is 16.5. The van der Waals surface area contributed by atoms with E-state index >= 15 is 0 Å². The summed E-state index contributed by atoms with van der Waals surface area (Å²) < 4.78 is 5.37. The molecule has 2 aliphatic heterocycles. The van der Waals surface area contributed by atoms with E-state index in [1.165, 1.54) is 5.69 Å². The van der Waals surface area contributed by atoms with Crippen molar-refractivity contribution in [3.05, 3.63) is 30.7 Å². The highest BCUT2D eigenvalue weighted by Crippen LogP contribution is 2.43. The van der Waals surface area contributed by atoms with E-state index in [4.69, 9.17) is 10.5 Å². The molecule has 1 spiro atoms. The quantitative estimate of drug-likeness (QED) is 0.744. The molecule has 5 rings (SSSR count). The lowest BCUT2D eigenvalue weighted by atomic mass is 9.77. The topological polar surface area (TPSA) is 93.0 Å². The summed E-state index contributed by atoms with van der Waals surface area (Å²) in [7, 11) is 0. The molecule has 0 saturated carbocycles. The number of hydrogen-bond acceptors (Lipinski definition) is 6. The monoisotopic (exact) mass is 308 g/mol. The van der Waals surface area contributed by atoms with Gasteiger partial charge in [0.15, 0.2) is 0 Å². The first-order chi connectivity index (χ1) is 11.2. The second-order valence-corrected chi connectivity index (χ2v) is 6.40. The second kappa shape index (κ2) is 4.42. The van der Waals surface area contributed by atoms with Crippen LogP contribution < -0.4 is 10.6 Å². The molecule has 3 aromatic heterocycles. The molecule has 0 unspecified atom stereocenters. The van der Waals surface area contributed by atoms with Crippen molar-refractivity contribution in [1.82, 2.24) is 19.9 Å². The Morgan fingerprint density at radius 3 is 2.74 bits per heavy atom. The lowest BCUT2D eigenvalue weighted by Gasteiger charge is -2.56. The van der Waals surface area contributed by atoms with Crippen LogP contribution in [0.2, 0.25) is 0 Å². The minimum atomic E-state index is 0.275. The first kappa shape index (κ1) is 12.8. The van der Waals surface area contributed by atoms with Gasteiger partial charge in [-0.1, -0.05) is 0 Å². The Balaban J connectivity index is 1.61. The normalized spacial score (nSPS) is 18.9. The third-order valence-corrected chi connectivity index (χ3v) is 4.71. The number of nitrogens with one attached hydrogen (secondary N) is 1. The molecule has 0 aliphatic carbocycles. The van der Waals surface area contributed by atoms with Gasteiger partial charge in [0.1, 0.15) is 5.65 Å². The number of nitrogen functional groups attached to an aromatic ring is 1. The third kappa shape index (κ3) is 1.83. The molecule has 0 atom stereocenters. The van der Waals surface area contributed by atoms with E-state index < -0.39 is 0 Å². The summed E-state index contributed by atoms with van der Waals surface area (Å²) in [5.74, 6) is 0.275. The van der Waals surface area contributed by atoms with Crippen molar-refractivity contribution in [3.63, 3.8) is 0 Å². The van der Waals surface area contributed by atoms with Crippen LogP contribution in [0, 0.1) is 5.41 Å². The number of pyridine rings is 1. The number of hydrogen-bond donors (Lipinski definition) is 2. The molecule has 5 heterocycles. The summed E-state index contributed by atoms with van der Waals surface area (Å²) in [6, 6.07) is 3.93. The van der Waals surface area contributed by atoms with Crippen molar-refractivity contribution in [3.8, 4) is 11.3 Å². The van der Waals surface area contributed by atoms with Crippen molar-refractivity contribution in [2.45, 2.75) is 0 Å². The third-order valence-electron chi connectivity index (χ3n) is 4.71. The SMILES string of the molecule is Nc1nccc(-c2c[nH]c3nccc(N4CC5(COC5)C4)c23)n1. The van der Waals surface area contributed by atoms with Crippen LogP contribution in [0.25, 0.3) is 22.3 Å². The zero-order chi connectivity index (χ0) is 15.4. The highest BCUT2D eigenvalue weighted by Gasteiger charge is 2.49. The molecule has 2 saturated heterocycles. The van der Waals surface area contributed by atoms with Crippen LogP contribution in [-0.4, -0.2) is 46.2 Å². The van der Waals surface area contributed by atoms with E-state index in [-0.39, 0.29) is 5.95 Å². The highest BCUT2D eigenvalue weighted by molar-refractivity contribution is 6.02. The standard InChI is InChI=1S/C16H16N6O/c17-15-19-3-1-11(21-15)10-5-20-14-13(10)12(2-4-18-14)22-6-16(7-22)8-23-9-16/h1-5H,6-9H2,(H,18,20)(H2,17,19,21). The molecule has 23 heavy (non-hydrogen) atoms. The molecule has 2 fully saturated rings. The first-order valence-corrected chi connectivity index (χ1v) is 7.62. The Labute approximate surface area is 132 Å². The Bertz CT molecular complexity index is 892. The molecule has 7 nitrogen and oxygen atoms in total. The zero-order valence-electron chi connectivity index (χ0n) is 12.5. The van der Waals surface area contributed by atoms with Crippen molar-refractivity contribution in [2.24, 2.45) is 5.41 Å². The van der Waals surface area contributed by atoms with Crippen molar-refractivity contribution in [2.75, 3.05) is 36.9 Å². The summed E-state index contributed by atoms with van der Waals surface area (Å²) in [6.45, 7) is 3.81. The Morgan fingerprint density at radius 2 is 2.00 bits per heavy atom. The van der Waals surface area contributed by atoms with Gasteiger partial charge in [0.2, 0.25) is 5.95 Å². The fourth-order valence-corrected chi connectivity index (χ4v) is 3.54. The van der Waals surface area contributed by atoms with Crippen LogP contribution in [0.5, 0.6) is 0 Å². The Hall–Kier alpha value is -2.67. The van der Waals surface area contributed by atoms with Crippen molar-refractivity contribution < 1.29 is 4.74 Å². The van der Waals surface area contributed by atoms with Gasteiger partial charge in [0, 0.05) is 37.2 Å². The second-order valence-electron chi connectivity index (χ2n) is 6.40. The fraction of sp³-hybridized carbons (Fsp3) is 0.312. The average Bonchev–Trinajstić information content (AvgIpc) is 2.89. The number of aromatic nitrogens is 4. The smallest absolute Gasteiger partial charge is 0.220 e. The van der Waals surface area contributed by atoms with E-state index in [1.54, 1.807) is 6.20 Å². The summed E-state index contributed by atoms with van der Waals surface area (Å²) in [5, 5.41) is 1.08. The number of H-pyrrole nitrogens is 1. The molecule has 7 heteroatoms. The van der Waals surface area contributed by atoms with Gasteiger partial charge in [-0.3, -0.25) is 0 Å². The number of rotatable bonds is 2. The molecule has 0 aromatic carbocycles.